The van der Waals surface area contributed by atoms with E-state index in [1.807, 2.05) is 0 Å². The number of aliphatic hydroxyl groups excluding tert-OH is 1. The van der Waals surface area contributed by atoms with Crippen molar-refractivity contribution in [1.29, 1.82) is 0 Å². The second-order valence-corrected chi connectivity index (χ2v) is 19.9. The van der Waals surface area contributed by atoms with E-state index in [0.717, 1.165) is 51.6 Å². The average Bonchev–Trinajstić information content (AvgIpc) is 3.28. The van der Waals surface area contributed by atoms with Gasteiger partial charge < -0.3 is 0 Å². The Morgan fingerprint density at radius 1 is 0.773 bits per heavy atom. The van der Waals surface area contributed by atoms with Gasteiger partial charge in [0.1, 0.15) is 0 Å². The summed E-state index contributed by atoms with van der Waals surface area (Å²) < 4.78 is 28.3. The van der Waals surface area contributed by atoms with Crippen molar-refractivity contribution in [2.24, 2.45) is 0 Å². The Morgan fingerprint density at radius 2 is 1.34 bits per heavy atom. The molecular formula is C37H50O5SeSi. The molecule has 0 radical (unpaired) electrons. The Labute approximate surface area is 272 Å². The van der Waals surface area contributed by atoms with Gasteiger partial charge in [-0.15, -0.1) is 0 Å². The molecule has 0 spiro atoms. The fourth-order valence-corrected chi connectivity index (χ4v) is 13.7. The first-order chi connectivity index (χ1) is 21.4. The molecule has 44 heavy (non-hydrogen) atoms. The van der Waals surface area contributed by atoms with Crippen molar-refractivity contribution >= 4 is 38.1 Å². The van der Waals surface area contributed by atoms with Crippen LogP contribution in [0.2, 0.25) is 5.04 Å². The molecule has 0 aliphatic carbocycles. The van der Waals surface area contributed by atoms with Gasteiger partial charge in [-0.3, -0.25) is 0 Å². The third kappa shape index (κ3) is 8.31. The average molecular weight is 682 g/mol. The molecule has 5 rings (SSSR count). The quantitative estimate of drug-likeness (QED) is 0.267. The predicted octanol–water partition coefficient (Wildman–Crippen LogP) is 5.19. The first kappa shape index (κ1) is 33.6. The summed E-state index contributed by atoms with van der Waals surface area (Å²) in [5.41, 5.74) is 0. The number of rotatable bonds is 12. The third-order valence-corrected chi connectivity index (χ3v) is 16.4. The number of ether oxygens (including phenoxy) is 3. The van der Waals surface area contributed by atoms with E-state index in [0.29, 0.717) is 6.61 Å². The van der Waals surface area contributed by atoms with E-state index < -0.39 is 8.32 Å². The Kier molecular flexibility index (Phi) is 12.3. The van der Waals surface area contributed by atoms with Gasteiger partial charge in [0.25, 0.3) is 0 Å². The SMILES string of the molecule is CC(C)(C)[Si](O[C@@H]1CCCO[C@H]1CC[C@@H](O[C@H]1CCCCO[C@@H]1CO)[Se]c1ccccc1)(c1ccccc1)c1ccccc1. The summed E-state index contributed by atoms with van der Waals surface area (Å²) in [6.07, 6.45) is 6.42. The maximum absolute atomic E-state index is 10.1. The second kappa shape index (κ2) is 16.2. The third-order valence-electron chi connectivity index (χ3n) is 8.96. The number of hydrogen-bond donors (Lipinski definition) is 1. The molecule has 238 valence electrons. The van der Waals surface area contributed by atoms with Crippen molar-refractivity contribution in [3.8, 4) is 0 Å². The molecule has 2 heterocycles. The van der Waals surface area contributed by atoms with Crippen molar-refractivity contribution in [3.05, 3.63) is 91.0 Å². The summed E-state index contributed by atoms with van der Waals surface area (Å²) in [6.45, 7) is 8.49. The summed E-state index contributed by atoms with van der Waals surface area (Å²) >= 11 is 0.122. The van der Waals surface area contributed by atoms with Crippen molar-refractivity contribution in [1.82, 2.24) is 0 Å². The molecule has 3 aromatic rings. The Bertz CT molecular complexity index is 1200. The molecule has 0 amide bonds. The normalized spacial score (nSPS) is 24.0. The Balaban J connectivity index is 1.39. The molecule has 5 nitrogen and oxygen atoms in total. The molecule has 0 unspecified atom stereocenters. The number of aliphatic hydroxyl groups is 1. The molecule has 3 aromatic carbocycles. The molecular weight excluding hydrogens is 631 g/mol. The zero-order valence-corrected chi connectivity index (χ0v) is 29.3. The molecule has 2 aliphatic heterocycles. The topological polar surface area (TPSA) is 57.2 Å². The number of hydrogen-bond acceptors (Lipinski definition) is 5. The van der Waals surface area contributed by atoms with Gasteiger partial charge in [-0.25, -0.2) is 0 Å². The summed E-state index contributed by atoms with van der Waals surface area (Å²) in [6, 6.07) is 32.5. The van der Waals surface area contributed by atoms with E-state index in [1.54, 1.807) is 0 Å². The summed E-state index contributed by atoms with van der Waals surface area (Å²) in [5, 5.41) is 12.7. The van der Waals surface area contributed by atoms with Crippen LogP contribution in [0.4, 0.5) is 0 Å². The van der Waals surface area contributed by atoms with Gasteiger partial charge in [-0.05, 0) is 0 Å². The Morgan fingerprint density at radius 3 is 1.95 bits per heavy atom. The van der Waals surface area contributed by atoms with Crippen LogP contribution in [0, 0.1) is 0 Å². The van der Waals surface area contributed by atoms with Gasteiger partial charge >= 0.3 is 273 Å². The van der Waals surface area contributed by atoms with E-state index in [4.69, 9.17) is 18.6 Å². The molecule has 1 N–H and O–H groups in total. The van der Waals surface area contributed by atoms with Crippen LogP contribution in [0.5, 0.6) is 0 Å². The molecule has 0 saturated carbocycles. The van der Waals surface area contributed by atoms with Crippen molar-refractivity contribution in [2.45, 2.75) is 100 Å². The Hall–Kier alpha value is -1.80. The van der Waals surface area contributed by atoms with Gasteiger partial charge in [0.05, 0.1) is 0 Å². The first-order valence-electron chi connectivity index (χ1n) is 16.4. The zero-order chi connectivity index (χ0) is 30.8. The molecule has 7 heteroatoms. The molecule has 5 atom stereocenters. The summed E-state index contributed by atoms with van der Waals surface area (Å²) in [5.74, 6) is 0. The molecule has 0 aromatic heterocycles. The van der Waals surface area contributed by atoms with Crippen LogP contribution in [0.3, 0.4) is 0 Å². The van der Waals surface area contributed by atoms with Gasteiger partial charge in [0.15, 0.2) is 0 Å². The summed E-state index contributed by atoms with van der Waals surface area (Å²) in [7, 11) is -2.70. The van der Waals surface area contributed by atoms with Gasteiger partial charge in [0.2, 0.25) is 0 Å². The van der Waals surface area contributed by atoms with E-state index in [1.165, 1.54) is 14.8 Å². The fourth-order valence-electron chi connectivity index (χ4n) is 6.74. The second-order valence-electron chi connectivity index (χ2n) is 13.1. The van der Waals surface area contributed by atoms with Gasteiger partial charge in [-0.2, -0.15) is 0 Å². The van der Waals surface area contributed by atoms with Crippen LogP contribution >= 0.6 is 0 Å². The van der Waals surface area contributed by atoms with E-state index in [-0.39, 0.29) is 56.0 Å². The zero-order valence-electron chi connectivity index (χ0n) is 26.6. The van der Waals surface area contributed by atoms with E-state index in [2.05, 4.69) is 112 Å². The first-order valence-corrected chi connectivity index (χ1v) is 20.2. The van der Waals surface area contributed by atoms with Crippen LogP contribution in [-0.2, 0) is 18.6 Å². The summed E-state index contributed by atoms with van der Waals surface area (Å²) in [4.78, 5) is 0. The number of benzene rings is 3. The van der Waals surface area contributed by atoms with Crippen LogP contribution in [0.15, 0.2) is 91.0 Å². The monoisotopic (exact) mass is 682 g/mol. The molecule has 2 aliphatic rings. The molecule has 2 saturated heterocycles. The van der Waals surface area contributed by atoms with Gasteiger partial charge in [0, 0.05) is 0 Å². The van der Waals surface area contributed by atoms with Crippen LogP contribution < -0.4 is 14.8 Å². The molecule has 2 fully saturated rings. The van der Waals surface area contributed by atoms with E-state index >= 15 is 0 Å². The van der Waals surface area contributed by atoms with Crippen molar-refractivity contribution < 1.29 is 23.7 Å². The van der Waals surface area contributed by atoms with E-state index in [9.17, 15) is 5.11 Å². The van der Waals surface area contributed by atoms with Crippen LogP contribution in [-0.4, -0.2) is 77.6 Å². The van der Waals surface area contributed by atoms with Crippen molar-refractivity contribution in [3.63, 3.8) is 0 Å². The van der Waals surface area contributed by atoms with Crippen molar-refractivity contribution in [2.75, 3.05) is 19.8 Å². The molecule has 0 bridgehead atoms. The predicted molar refractivity (Wildman–Crippen MR) is 182 cm³/mol. The van der Waals surface area contributed by atoms with Gasteiger partial charge in [-0.1, -0.05) is 0 Å². The van der Waals surface area contributed by atoms with Crippen LogP contribution in [0.1, 0.15) is 65.7 Å². The maximum atomic E-state index is 10.1. The minimum absolute atomic E-state index is 0.00194. The minimum atomic E-state index is -2.70. The van der Waals surface area contributed by atoms with Crippen LogP contribution in [0.25, 0.3) is 0 Å². The fraction of sp³-hybridized carbons (Fsp3) is 0.514. The standard InChI is InChI=1S/C37H50O5SeSi/c1-37(2,3)44(30-18-9-5-10-19-30,31-20-11-6-12-21-31)42-34-23-15-27-39-32(34)24-25-36(43-29-16-7-4-8-17-29)41-33-22-13-14-26-40-35(33)28-38/h4-12,16-21,32-36,38H,13-15,22-28H2,1-3H3/t32-,33-,34+,35+,36-/m0/s1.